The average Bonchev–Trinajstić information content (AvgIpc) is 3.26. The predicted octanol–water partition coefficient (Wildman–Crippen LogP) is 5.91. The van der Waals surface area contributed by atoms with Crippen LogP contribution in [0.5, 0.6) is 5.75 Å². The molecule has 0 radical (unpaired) electrons. The zero-order valence-corrected chi connectivity index (χ0v) is 21.0. The second kappa shape index (κ2) is 9.90. The molecule has 3 aromatic heterocycles. The summed E-state index contributed by atoms with van der Waals surface area (Å²) in [5.41, 5.74) is 1.72. The number of amides is 1. The van der Waals surface area contributed by atoms with Crippen LogP contribution < -0.4 is 4.74 Å². The third-order valence-corrected chi connectivity index (χ3v) is 6.41. The normalized spacial score (nSPS) is 13.6. The van der Waals surface area contributed by atoms with E-state index in [0.717, 1.165) is 29.4 Å². The van der Waals surface area contributed by atoms with Crippen molar-refractivity contribution in [1.82, 2.24) is 24.5 Å². The third-order valence-electron chi connectivity index (χ3n) is 6.41. The zero-order chi connectivity index (χ0) is 25.2. The summed E-state index contributed by atoms with van der Waals surface area (Å²) in [4.78, 5) is 18.4. The van der Waals surface area contributed by atoms with Crippen molar-refractivity contribution in [3.8, 4) is 17.3 Å². The van der Waals surface area contributed by atoms with Crippen LogP contribution in [0.1, 0.15) is 47.5 Å². The average molecular weight is 476 g/mol. The second-order valence-corrected chi connectivity index (χ2v) is 9.77. The first-order chi connectivity index (χ1) is 16.7. The fourth-order valence-electron chi connectivity index (χ4n) is 4.41. The summed E-state index contributed by atoms with van der Waals surface area (Å²) in [5, 5.41) is 19.3. The number of para-hydroxylation sites is 1. The van der Waals surface area contributed by atoms with Crippen LogP contribution >= 0.6 is 0 Å². The predicted molar refractivity (Wildman–Crippen MR) is 137 cm³/mol. The summed E-state index contributed by atoms with van der Waals surface area (Å²) in [5.74, 6) is 1.38. The first-order valence-electron chi connectivity index (χ1n) is 12.1. The quantitative estimate of drug-likeness (QED) is 0.341. The first-order valence-corrected chi connectivity index (χ1v) is 12.1. The van der Waals surface area contributed by atoms with Crippen LogP contribution in [0.15, 0.2) is 54.7 Å². The number of hydrogen-bond donors (Lipinski definition) is 1. The zero-order valence-electron chi connectivity index (χ0n) is 21.0. The number of benzene rings is 1. The van der Waals surface area contributed by atoms with Crippen LogP contribution in [0.2, 0.25) is 0 Å². The highest BCUT2D eigenvalue weighted by Gasteiger charge is 2.32. The van der Waals surface area contributed by atoms with Gasteiger partial charge in [0, 0.05) is 29.6 Å². The fraction of sp³-hybridized carbons (Fsp3) is 0.407. The van der Waals surface area contributed by atoms with Crippen LogP contribution in [0.4, 0.5) is 4.79 Å². The van der Waals surface area contributed by atoms with Gasteiger partial charge in [0.15, 0.2) is 11.5 Å². The van der Waals surface area contributed by atoms with E-state index >= 15 is 0 Å². The Labute approximate surface area is 205 Å². The maximum atomic E-state index is 11.9. The highest BCUT2D eigenvalue weighted by atomic mass is 16.5. The van der Waals surface area contributed by atoms with E-state index in [0.29, 0.717) is 23.8 Å². The van der Waals surface area contributed by atoms with E-state index in [9.17, 15) is 9.90 Å². The van der Waals surface area contributed by atoms with Crippen molar-refractivity contribution in [2.45, 2.75) is 59.1 Å². The van der Waals surface area contributed by atoms with Gasteiger partial charge in [0.2, 0.25) is 0 Å². The van der Waals surface area contributed by atoms with Crippen molar-refractivity contribution in [3.05, 3.63) is 54.7 Å². The molecule has 4 aromatic rings. The van der Waals surface area contributed by atoms with E-state index in [2.05, 4.69) is 24.0 Å². The molecule has 1 N–H and O–H groups in total. The number of fused-ring (bicyclic) bond motifs is 2. The van der Waals surface area contributed by atoms with Crippen molar-refractivity contribution in [1.29, 1.82) is 0 Å². The molecule has 3 heterocycles. The molecule has 0 bridgehead atoms. The highest BCUT2D eigenvalue weighted by Crippen LogP contribution is 2.30. The Hall–Kier alpha value is -3.68. The van der Waals surface area contributed by atoms with E-state index < -0.39 is 11.6 Å². The minimum absolute atomic E-state index is 0.0363. The SMILES string of the molecule is CCC(Oc1cccc2ccc(-c3nnc4ccccn34)nc12)[C@@H](CC)CN(C(=O)O)C(C)(C)C. The lowest BCUT2D eigenvalue weighted by molar-refractivity contribution is 0.0545. The molecule has 8 nitrogen and oxygen atoms in total. The van der Waals surface area contributed by atoms with Gasteiger partial charge in [-0.25, -0.2) is 9.78 Å². The third kappa shape index (κ3) is 5.06. The Kier molecular flexibility index (Phi) is 6.91. The minimum Gasteiger partial charge on any atom is -0.488 e. The molecular weight excluding hydrogens is 442 g/mol. The van der Waals surface area contributed by atoms with E-state index in [1.807, 2.05) is 79.9 Å². The second-order valence-electron chi connectivity index (χ2n) is 9.77. The molecule has 1 amide bonds. The number of carboxylic acid groups (broad SMARTS) is 1. The molecule has 0 saturated carbocycles. The molecule has 0 saturated heterocycles. The molecule has 35 heavy (non-hydrogen) atoms. The Morgan fingerprint density at radius 1 is 1.06 bits per heavy atom. The minimum atomic E-state index is -0.914. The lowest BCUT2D eigenvalue weighted by Crippen LogP contribution is -2.49. The number of rotatable bonds is 8. The maximum absolute atomic E-state index is 11.9. The molecule has 2 atom stereocenters. The van der Waals surface area contributed by atoms with Crippen molar-refractivity contribution in [2.75, 3.05) is 6.54 Å². The molecule has 1 unspecified atom stereocenters. The molecule has 4 rings (SSSR count). The molecular formula is C27H33N5O3. The summed E-state index contributed by atoms with van der Waals surface area (Å²) in [7, 11) is 0. The smallest absolute Gasteiger partial charge is 0.407 e. The lowest BCUT2D eigenvalue weighted by Gasteiger charge is -2.38. The van der Waals surface area contributed by atoms with Crippen LogP contribution in [0.3, 0.4) is 0 Å². The van der Waals surface area contributed by atoms with Crippen molar-refractivity contribution in [2.24, 2.45) is 5.92 Å². The molecule has 0 fully saturated rings. The van der Waals surface area contributed by atoms with Crippen LogP contribution in [-0.4, -0.2) is 53.9 Å². The molecule has 8 heteroatoms. The fourth-order valence-corrected chi connectivity index (χ4v) is 4.41. The van der Waals surface area contributed by atoms with Crippen LogP contribution in [-0.2, 0) is 0 Å². The van der Waals surface area contributed by atoms with E-state index in [4.69, 9.17) is 9.72 Å². The van der Waals surface area contributed by atoms with Crippen LogP contribution in [0.25, 0.3) is 28.1 Å². The number of pyridine rings is 2. The van der Waals surface area contributed by atoms with Gasteiger partial charge in [-0.15, -0.1) is 10.2 Å². The van der Waals surface area contributed by atoms with Gasteiger partial charge in [-0.1, -0.05) is 38.1 Å². The monoisotopic (exact) mass is 475 g/mol. The molecule has 0 aliphatic heterocycles. The molecule has 1 aromatic carbocycles. The standard InChI is InChI=1S/C27H33N5O3/c1-6-18(17-32(26(33)34)27(3,4)5)21(7-2)35-22-12-10-11-19-14-15-20(28-24(19)22)25-30-29-23-13-8-9-16-31(23)25/h8-16,18,21H,6-7,17H2,1-5H3,(H,33,34)/t18-,21?/m0/s1. The first kappa shape index (κ1) is 24.4. The van der Waals surface area contributed by atoms with Gasteiger partial charge in [0.1, 0.15) is 23.1 Å². The Bertz CT molecular complexity index is 1330. The van der Waals surface area contributed by atoms with Gasteiger partial charge in [0.05, 0.1) is 0 Å². The van der Waals surface area contributed by atoms with Gasteiger partial charge >= 0.3 is 6.09 Å². The van der Waals surface area contributed by atoms with E-state index in [-0.39, 0.29) is 12.0 Å². The molecule has 0 aliphatic rings. The van der Waals surface area contributed by atoms with Gasteiger partial charge < -0.3 is 14.7 Å². The Morgan fingerprint density at radius 3 is 2.54 bits per heavy atom. The summed E-state index contributed by atoms with van der Waals surface area (Å²) in [6, 6.07) is 15.6. The summed E-state index contributed by atoms with van der Waals surface area (Å²) >= 11 is 0. The molecule has 0 aliphatic carbocycles. The number of aromatic nitrogens is 4. The van der Waals surface area contributed by atoms with E-state index in [1.165, 1.54) is 4.90 Å². The Morgan fingerprint density at radius 2 is 1.86 bits per heavy atom. The van der Waals surface area contributed by atoms with Crippen molar-refractivity contribution in [3.63, 3.8) is 0 Å². The van der Waals surface area contributed by atoms with Gasteiger partial charge in [-0.05, 0) is 57.9 Å². The number of nitrogens with zero attached hydrogens (tertiary/aromatic N) is 5. The number of carbonyl (C=O) groups is 1. The van der Waals surface area contributed by atoms with Gasteiger partial charge in [-0.2, -0.15) is 0 Å². The van der Waals surface area contributed by atoms with Gasteiger partial charge in [-0.3, -0.25) is 4.40 Å². The summed E-state index contributed by atoms with van der Waals surface area (Å²) in [6.45, 7) is 10.3. The van der Waals surface area contributed by atoms with Crippen LogP contribution in [0, 0.1) is 5.92 Å². The molecule has 0 spiro atoms. The largest absolute Gasteiger partial charge is 0.488 e. The number of hydrogen-bond acceptors (Lipinski definition) is 5. The molecule has 184 valence electrons. The van der Waals surface area contributed by atoms with Gasteiger partial charge in [0.25, 0.3) is 0 Å². The van der Waals surface area contributed by atoms with Crippen molar-refractivity contribution < 1.29 is 14.6 Å². The lowest BCUT2D eigenvalue weighted by atomic mass is 9.94. The highest BCUT2D eigenvalue weighted by molar-refractivity contribution is 5.86. The van der Waals surface area contributed by atoms with Crippen molar-refractivity contribution >= 4 is 22.6 Å². The maximum Gasteiger partial charge on any atom is 0.407 e. The number of ether oxygens (including phenoxy) is 1. The van der Waals surface area contributed by atoms with E-state index in [1.54, 1.807) is 0 Å². The summed E-state index contributed by atoms with van der Waals surface area (Å²) < 4.78 is 8.47. The Balaban J connectivity index is 1.68. The summed E-state index contributed by atoms with van der Waals surface area (Å²) in [6.07, 6.45) is 2.40. The topological polar surface area (TPSA) is 92.9 Å².